The van der Waals surface area contributed by atoms with E-state index in [9.17, 15) is 59.6 Å². The number of rotatable bonds is 12. The summed E-state index contributed by atoms with van der Waals surface area (Å²) in [6.45, 7) is 0. The molecular formula is C38H24Cl2CrN10NaO12+. The van der Waals surface area contributed by atoms with Crippen molar-refractivity contribution in [3.05, 3.63) is 206 Å². The van der Waals surface area contributed by atoms with Gasteiger partial charge in [-0.1, -0.05) is 23.2 Å². The zero-order valence-corrected chi connectivity index (χ0v) is 37.1. The fourth-order valence-corrected chi connectivity index (χ4v) is 5.33. The number of carbonyl (C=O) groups is 4. The van der Waals surface area contributed by atoms with Gasteiger partial charge in [-0.2, -0.15) is 0 Å². The van der Waals surface area contributed by atoms with Gasteiger partial charge in [0.05, 0.1) is 52.5 Å². The van der Waals surface area contributed by atoms with E-state index in [1.54, 1.807) is 0 Å². The van der Waals surface area contributed by atoms with Crippen LogP contribution in [0.2, 0.25) is 10.0 Å². The molecule has 22 nitrogen and oxygen atoms in total. The zero-order valence-electron chi connectivity index (χ0n) is 32.3. The van der Waals surface area contributed by atoms with Gasteiger partial charge in [-0.25, -0.2) is 0 Å². The van der Waals surface area contributed by atoms with Gasteiger partial charge in [0.2, 0.25) is 11.6 Å². The van der Waals surface area contributed by atoms with Gasteiger partial charge in [0.25, 0.3) is 22.8 Å². The Labute approximate surface area is 401 Å². The predicted octanol–water partition coefficient (Wildman–Crippen LogP) is 2.63. The largest absolute Gasteiger partial charge is 1.00 e. The van der Waals surface area contributed by atoms with E-state index in [4.69, 9.17) is 23.2 Å². The van der Waals surface area contributed by atoms with Crippen molar-refractivity contribution in [1.82, 2.24) is 10.9 Å². The molecule has 0 unspecified atom stereocenters. The van der Waals surface area contributed by atoms with Crippen LogP contribution in [-0.4, -0.2) is 54.2 Å². The van der Waals surface area contributed by atoms with Gasteiger partial charge < -0.3 is 10.9 Å². The first-order valence-corrected chi connectivity index (χ1v) is 17.8. The fraction of sp³-hybridized carbons (Fsp3) is 0. The molecule has 0 atom stereocenters. The topological polar surface area (TPSA) is 314 Å². The average molecular weight is 959 g/mol. The molecule has 0 aliphatic heterocycles. The van der Waals surface area contributed by atoms with Crippen molar-refractivity contribution in [3.63, 3.8) is 0 Å². The normalized spacial score (nSPS) is 17.5. The molecule has 0 amide bonds. The van der Waals surface area contributed by atoms with E-state index in [-0.39, 0.29) is 114 Å². The molecule has 0 aromatic heterocycles. The van der Waals surface area contributed by atoms with Crippen molar-refractivity contribution in [2.24, 2.45) is 9.98 Å². The van der Waals surface area contributed by atoms with Crippen LogP contribution < -0.4 is 51.3 Å². The fourth-order valence-electron chi connectivity index (χ4n) is 4.89. The number of anilines is 2. The summed E-state index contributed by atoms with van der Waals surface area (Å²) < 4.78 is 0. The molecule has 26 heteroatoms. The Bertz CT molecular complexity index is 2580. The van der Waals surface area contributed by atoms with Gasteiger partial charge in [-0.15, -0.1) is 0 Å². The number of hydrogen-bond acceptors (Lipinski definition) is 18. The van der Waals surface area contributed by atoms with E-state index in [0.29, 0.717) is 22.8 Å². The van der Waals surface area contributed by atoms with Gasteiger partial charge in [0.15, 0.2) is 11.6 Å². The SMILES string of the molecule is O=C1C=CC([N+](=O)[O-])=CC1=N/C=C1/C=C(NNc2ccc([N+](=O)[O-])cc2Cl)C=CC1=O.O=C1C=CC([N+](=O)[O-])=CC1=N/C=C1/C=C(NNc2ccc([N+](=O)[O-])cc2Cl)C=CC1=O.[Cr].[Na+]. The summed E-state index contributed by atoms with van der Waals surface area (Å²) >= 11 is 12.0. The van der Waals surface area contributed by atoms with E-state index in [2.05, 4.69) is 31.7 Å². The van der Waals surface area contributed by atoms with Crippen molar-refractivity contribution in [2.75, 3.05) is 10.9 Å². The summed E-state index contributed by atoms with van der Waals surface area (Å²) in [5, 5.41) is 43.4. The summed E-state index contributed by atoms with van der Waals surface area (Å²) in [5.74, 6) is -1.84. The van der Waals surface area contributed by atoms with E-state index < -0.39 is 31.3 Å². The Morgan fingerprint density at radius 1 is 0.484 bits per heavy atom. The number of hydrogen-bond donors (Lipinski definition) is 4. The Morgan fingerprint density at radius 2 is 0.844 bits per heavy atom. The van der Waals surface area contributed by atoms with Gasteiger partial charge in [-0.3, -0.25) is 80.5 Å². The van der Waals surface area contributed by atoms with Gasteiger partial charge in [-0.05, 0) is 60.7 Å². The number of benzene rings is 2. The Balaban J connectivity index is 0.000000330. The van der Waals surface area contributed by atoms with Crippen LogP contribution in [0.4, 0.5) is 22.7 Å². The molecule has 0 saturated heterocycles. The first-order valence-electron chi connectivity index (χ1n) is 17.0. The van der Waals surface area contributed by atoms with E-state index in [1.807, 2.05) is 0 Å². The van der Waals surface area contributed by atoms with Crippen LogP contribution in [0.15, 0.2) is 166 Å². The number of aliphatic imine (C=N–C) groups is 2. The zero-order chi connectivity index (χ0) is 45.1. The second-order valence-electron chi connectivity index (χ2n) is 12.2. The number of allylic oxidation sites excluding steroid dienone is 14. The quantitative estimate of drug-likeness (QED) is 0.0781. The third kappa shape index (κ3) is 13.9. The minimum Gasteiger partial charge on any atom is -0.301 e. The number of hydrazine groups is 2. The van der Waals surface area contributed by atoms with Crippen LogP contribution in [0.5, 0.6) is 0 Å². The van der Waals surface area contributed by atoms with Crippen LogP contribution in [0.3, 0.4) is 0 Å². The number of non-ortho nitro benzene ring substituents is 2. The molecule has 4 aliphatic rings. The van der Waals surface area contributed by atoms with Crippen LogP contribution in [-0.2, 0) is 36.5 Å². The van der Waals surface area contributed by atoms with E-state index in [0.717, 1.165) is 48.9 Å². The number of halogens is 2. The number of nitrogens with one attached hydrogen (secondary N) is 4. The third-order valence-corrected chi connectivity index (χ3v) is 8.65. The Morgan fingerprint density at radius 3 is 1.17 bits per heavy atom. The molecule has 0 fully saturated rings. The molecule has 0 bridgehead atoms. The predicted molar refractivity (Wildman–Crippen MR) is 224 cm³/mol. The number of nitrogens with zero attached hydrogens (tertiary/aromatic N) is 6. The monoisotopic (exact) mass is 957 g/mol. The molecule has 4 aliphatic carbocycles. The number of carbonyl (C=O) groups excluding carboxylic acids is 4. The Kier molecular flexibility index (Phi) is 18.6. The van der Waals surface area contributed by atoms with Crippen molar-refractivity contribution in [3.8, 4) is 0 Å². The second kappa shape index (κ2) is 23.3. The molecule has 318 valence electrons. The van der Waals surface area contributed by atoms with Crippen molar-refractivity contribution >= 4 is 80.5 Å². The van der Waals surface area contributed by atoms with Gasteiger partial charge in [0, 0.05) is 89.5 Å². The summed E-state index contributed by atoms with van der Waals surface area (Å²) in [5.41, 5.74) is 11.7. The van der Waals surface area contributed by atoms with Gasteiger partial charge in [0.1, 0.15) is 11.4 Å². The molecule has 0 radical (unpaired) electrons. The molecule has 4 N–H and O–H groups in total. The summed E-state index contributed by atoms with van der Waals surface area (Å²) in [6.07, 6.45) is 16.8. The number of nitro benzene ring substituents is 2. The van der Waals surface area contributed by atoms with Crippen molar-refractivity contribution in [2.45, 2.75) is 0 Å². The minimum atomic E-state index is -0.656. The number of nitro groups is 4. The second-order valence-corrected chi connectivity index (χ2v) is 13.0. The summed E-state index contributed by atoms with van der Waals surface area (Å²) in [7, 11) is 0. The Hall–Kier alpha value is -7.23. The van der Waals surface area contributed by atoms with Crippen LogP contribution in [0, 0.1) is 40.5 Å². The molecule has 0 spiro atoms. The first-order chi connectivity index (χ1) is 29.5. The van der Waals surface area contributed by atoms with Crippen molar-refractivity contribution < 1.29 is 85.8 Å². The third-order valence-electron chi connectivity index (χ3n) is 8.02. The molecule has 0 heterocycles. The standard InChI is InChI=1S/2C19H12ClN5O6.Cr.Na/c2*20-15-8-13(24(28)29)2-4-16(15)23-22-12-1-5-18(26)11(7-12)10-21-17-9-14(25(30)31)3-6-19(17)27;;/h2*1-10,22-23H;;/q;;;+1/b2*11-10-,21-17?;;. The van der Waals surface area contributed by atoms with Crippen LogP contribution >= 0.6 is 23.2 Å². The van der Waals surface area contributed by atoms with E-state index in [1.165, 1.54) is 72.9 Å². The smallest absolute Gasteiger partial charge is 0.301 e. The van der Waals surface area contributed by atoms with Crippen LogP contribution in [0.25, 0.3) is 0 Å². The average Bonchev–Trinajstić information content (AvgIpc) is 3.23. The first kappa shape index (κ1) is 51.1. The molecular weight excluding hydrogens is 934 g/mol. The maximum absolute atomic E-state index is 12.1. The summed E-state index contributed by atoms with van der Waals surface area (Å²) in [6, 6.07) is 7.74. The maximum atomic E-state index is 12.1. The molecule has 64 heavy (non-hydrogen) atoms. The van der Waals surface area contributed by atoms with E-state index >= 15 is 0 Å². The molecule has 2 aromatic rings. The maximum Gasteiger partial charge on any atom is 1.00 e. The van der Waals surface area contributed by atoms with Crippen molar-refractivity contribution in [1.29, 1.82) is 0 Å². The minimum absolute atomic E-state index is 0. The molecule has 0 saturated carbocycles. The molecule has 6 rings (SSSR count). The van der Waals surface area contributed by atoms with Crippen LogP contribution in [0.1, 0.15) is 0 Å². The number of ketones is 4. The van der Waals surface area contributed by atoms with Gasteiger partial charge >= 0.3 is 29.6 Å². The summed E-state index contributed by atoms with van der Waals surface area (Å²) in [4.78, 5) is 96.4. The molecule has 2 aromatic carbocycles.